The molecule has 0 fully saturated rings. The molecular formula is C17H15FN2O. The molecule has 0 amide bonds. The first-order valence-electron chi connectivity index (χ1n) is 6.79. The number of aromatic nitrogens is 1. The highest BCUT2D eigenvalue weighted by Gasteiger charge is 2.01. The Balaban J connectivity index is 1.58. The molecule has 1 aromatic heterocycles. The molecule has 2 aromatic carbocycles. The Morgan fingerprint density at radius 1 is 1.00 bits per heavy atom. The van der Waals surface area contributed by atoms with Gasteiger partial charge < -0.3 is 10.1 Å². The van der Waals surface area contributed by atoms with Crippen LogP contribution >= 0.6 is 0 Å². The van der Waals surface area contributed by atoms with Crippen LogP contribution in [0.25, 0.3) is 10.9 Å². The minimum absolute atomic E-state index is 0.236. The summed E-state index contributed by atoms with van der Waals surface area (Å²) in [6.45, 7) is 1.16. The zero-order valence-electron chi connectivity index (χ0n) is 11.4. The van der Waals surface area contributed by atoms with E-state index in [0.29, 0.717) is 13.2 Å². The van der Waals surface area contributed by atoms with E-state index >= 15 is 0 Å². The monoisotopic (exact) mass is 282 g/mol. The van der Waals surface area contributed by atoms with E-state index in [1.54, 1.807) is 18.3 Å². The summed E-state index contributed by atoms with van der Waals surface area (Å²) in [5.41, 5.74) is 1.79. The van der Waals surface area contributed by atoms with Crippen molar-refractivity contribution in [3.63, 3.8) is 0 Å². The summed E-state index contributed by atoms with van der Waals surface area (Å²) in [7, 11) is 0. The quantitative estimate of drug-likeness (QED) is 0.721. The Bertz CT molecular complexity index is 723. The summed E-state index contributed by atoms with van der Waals surface area (Å²) in [6, 6.07) is 16.0. The lowest BCUT2D eigenvalue weighted by atomic mass is 10.2. The normalized spacial score (nSPS) is 10.5. The molecule has 3 nitrogen and oxygen atoms in total. The molecule has 4 heteroatoms. The van der Waals surface area contributed by atoms with Gasteiger partial charge in [-0.25, -0.2) is 4.39 Å². The smallest absolute Gasteiger partial charge is 0.128 e. The van der Waals surface area contributed by atoms with Gasteiger partial charge in [-0.1, -0.05) is 6.07 Å². The van der Waals surface area contributed by atoms with Crippen LogP contribution in [0.2, 0.25) is 0 Å². The average molecular weight is 282 g/mol. The second kappa shape index (κ2) is 6.22. The summed E-state index contributed by atoms with van der Waals surface area (Å²) in [5.74, 6) is 0.585. The molecule has 0 spiro atoms. The summed E-state index contributed by atoms with van der Waals surface area (Å²) in [5, 5.41) is 4.18. The number of fused-ring (bicyclic) bond motifs is 1. The predicted molar refractivity (Wildman–Crippen MR) is 82.1 cm³/mol. The molecule has 0 atom stereocenters. The van der Waals surface area contributed by atoms with Gasteiger partial charge in [-0.3, -0.25) is 4.98 Å². The third-order valence-corrected chi connectivity index (χ3v) is 3.14. The lowest BCUT2D eigenvalue weighted by Crippen LogP contribution is -2.11. The SMILES string of the molecule is Fc1ccc(NCCOc2cccc3ncccc23)cc1. The number of anilines is 1. The second-order valence-electron chi connectivity index (χ2n) is 4.61. The first-order chi connectivity index (χ1) is 10.3. The molecular weight excluding hydrogens is 267 g/mol. The van der Waals surface area contributed by atoms with E-state index in [4.69, 9.17) is 4.74 Å². The topological polar surface area (TPSA) is 34.1 Å². The van der Waals surface area contributed by atoms with E-state index in [1.165, 1.54) is 12.1 Å². The van der Waals surface area contributed by atoms with Crippen LogP contribution in [0.5, 0.6) is 5.75 Å². The van der Waals surface area contributed by atoms with Crippen molar-refractivity contribution in [1.82, 2.24) is 4.98 Å². The van der Waals surface area contributed by atoms with E-state index in [1.807, 2.05) is 30.3 Å². The van der Waals surface area contributed by atoms with Crippen LogP contribution in [0.15, 0.2) is 60.8 Å². The number of hydrogen-bond donors (Lipinski definition) is 1. The van der Waals surface area contributed by atoms with E-state index in [9.17, 15) is 4.39 Å². The van der Waals surface area contributed by atoms with Gasteiger partial charge in [-0.15, -0.1) is 0 Å². The molecule has 0 bridgehead atoms. The van der Waals surface area contributed by atoms with E-state index in [0.717, 1.165) is 22.3 Å². The highest BCUT2D eigenvalue weighted by molar-refractivity contribution is 5.84. The van der Waals surface area contributed by atoms with Crippen LogP contribution in [0.4, 0.5) is 10.1 Å². The van der Waals surface area contributed by atoms with E-state index < -0.39 is 0 Å². The first-order valence-corrected chi connectivity index (χ1v) is 6.79. The van der Waals surface area contributed by atoms with Crippen molar-refractivity contribution in [2.75, 3.05) is 18.5 Å². The zero-order valence-corrected chi connectivity index (χ0v) is 11.4. The van der Waals surface area contributed by atoms with E-state index in [-0.39, 0.29) is 5.82 Å². The van der Waals surface area contributed by atoms with Gasteiger partial charge in [-0.2, -0.15) is 0 Å². The van der Waals surface area contributed by atoms with Gasteiger partial charge in [0.05, 0.1) is 5.52 Å². The second-order valence-corrected chi connectivity index (χ2v) is 4.61. The molecule has 0 aliphatic rings. The minimum Gasteiger partial charge on any atom is -0.491 e. The molecule has 3 aromatic rings. The van der Waals surface area contributed by atoms with Crippen molar-refractivity contribution in [3.05, 3.63) is 66.6 Å². The number of nitrogens with one attached hydrogen (secondary N) is 1. The van der Waals surface area contributed by atoms with Crippen LogP contribution in [0, 0.1) is 5.82 Å². The molecule has 3 rings (SSSR count). The van der Waals surface area contributed by atoms with E-state index in [2.05, 4.69) is 10.3 Å². The van der Waals surface area contributed by atoms with Crippen molar-refractivity contribution in [2.24, 2.45) is 0 Å². The minimum atomic E-state index is -0.236. The molecule has 0 aliphatic heterocycles. The van der Waals surface area contributed by atoms with Crippen LogP contribution in [0.3, 0.4) is 0 Å². The summed E-state index contributed by atoms with van der Waals surface area (Å²) >= 11 is 0. The highest BCUT2D eigenvalue weighted by Crippen LogP contribution is 2.23. The number of pyridine rings is 1. The standard InChI is InChI=1S/C17H15FN2O/c18-13-6-8-14(9-7-13)19-11-12-21-17-5-1-4-16-15(17)3-2-10-20-16/h1-10,19H,11-12H2. The zero-order chi connectivity index (χ0) is 14.5. The maximum absolute atomic E-state index is 12.8. The van der Waals surface area contributed by atoms with Gasteiger partial charge in [0.1, 0.15) is 18.2 Å². The lowest BCUT2D eigenvalue weighted by Gasteiger charge is -2.10. The van der Waals surface area contributed by atoms with Crippen molar-refractivity contribution in [3.8, 4) is 5.75 Å². The maximum atomic E-state index is 12.8. The fourth-order valence-corrected chi connectivity index (χ4v) is 2.13. The molecule has 0 aliphatic carbocycles. The van der Waals surface area contributed by atoms with Crippen LogP contribution in [0.1, 0.15) is 0 Å². The maximum Gasteiger partial charge on any atom is 0.128 e. The Morgan fingerprint density at radius 3 is 2.71 bits per heavy atom. The summed E-state index contributed by atoms with van der Waals surface area (Å²) < 4.78 is 18.6. The van der Waals surface area contributed by atoms with Crippen LogP contribution in [-0.2, 0) is 0 Å². The number of rotatable bonds is 5. The van der Waals surface area contributed by atoms with Gasteiger partial charge in [0.25, 0.3) is 0 Å². The summed E-state index contributed by atoms with van der Waals surface area (Å²) in [4.78, 5) is 4.29. The molecule has 1 N–H and O–H groups in total. The third kappa shape index (κ3) is 3.28. The molecule has 106 valence electrons. The van der Waals surface area contributed by atoms with Crippen molar-refractivity contribution < 1.29 is 9.13 Å². The first kappa shape index (κ1) is 13.4. The largest absolute Gasteiger partial charge is 0.491 e. The highest BCUT2D eigenvalue weighted by atomic mass is 19.1. The molecule has 0 radical (unpaired) electrons. The fourth-order valence-electron chi connectivity index (χ4n) is 2.13. The van der Waals surface area contributed by atoms with Crippen LogP contribution in [-0.4, -0.2) is 18.1 Å². The Labute approximate surface area is 122 Å². The average Bonchev–Trinajstić information content (AvgIpc) is 2.53. The van der Waals surface area contributed by atoms with Crippen molar-refractivity contribution in [2.45, 2.75) is 0 Å². The molecule has 0 unspecified atom stereocenters. The predicted octanol–water partition coefficient (Wildman–Crippen LogP) is 3.86. The number of ether oxygens (including phenoxy) is 1. The van der Waals surface area contributed by atoms with Crippen molar-refractivity contribution >= 4 is 16.6 Å². The molecule has 21 heavy (non-hydrogen) atoms. The van der Waals surface area contributed by atoms with Gasteiger partial charge in [0.2, 0.25) is 0 Å². The number of hydrogen-bond acceptors (Lipinski definition) is 3. The number of nitrogens with zero attached hydrogens (tertiary/aromatic N) is 1. The number of benzene rings is 2. The van der Waals surface area contributed by atoms with Crippen molar-refractivity contribution in [1.29, 1.82) is 0 Å². The van der Waals surface area contributed by atoms with Gasteiger partial charge >= 0.3 is 0 Å². The Hall–Kier alpha value is -2.62. The van der Waals surface area contributed by atoms with Gasteiger partial charge in [-0.05, 0) is 48.5 Å². The Morgan fingerprint density at radius 2 is 1.86 bits per heavy atom. The lowest BCUT2D eigenvalue weighted by molar-refractivity contribution is 0.337. The van der Waals surface area contributed by atoms with Crippen LogP contribution < -0.4 is 10.1 Å². The Kier molecular flexibility index (Phi) is 3.96. The molecule has 0 saturated carbocycles. The fraction of sp³-hybridized carbons (Fsp3) is 0.118. The number of halogens is 1. The van der Waals surface area contributed by atoms with Gasteiger partial charge in [0.15, 0.2) is 0 Å². The third-order valence-electron chi connectivity index (χ3n) is 3.14. The molecule has 0 saturated heterocycles. The summed E-state index contributed by atoms with van der Waals surface area (Å²) in [6.07, 6.45) is 1.77. The van der Waals surface area contributed by atoms with Gasteiger partial charge in [0, 0.05) is 23.8 Å². The molecule has 1 heterocycles.